The first kappa shape index (κ1) is 11.6. The first-order valence-corrected chi connectivity index (χ1v) is 6.10. The van der Waals surface area contributed by atoms with E-state index in [-0.39, 0.29) is 0 Å². The van der Waals surface area contributed by atoms with E-state index in [1.807, 2.05) is 6.07 Å². The summed E-state index contributed by atoms with van der Waals surface area (Å²) in [6, 6.07) is 1.85. The van der Waals surface area contributed by atoms with Crippen LogP contribution in [0.2, 0.25) is 5.28 Å². The minimum absolute atomic E-state index is 0.298. The number of halogens is 1. The predicted octanol–water partition coefficient (Wildman–Crippen LogP) is 1.88. The zero-order valence-corrected chi connectivity index (χ0v) is 10.2. The molecule has 1 aromatic heterocycles. The summed E-state index contributed by atoms with van der Waals surface area (Å²) in [5.41, 5.74) is 0. The molecule has 2 heterocycles. The molecule has 16 heavy (non-hydrogen) atoms. The van der Waals surface area contributed by atoms with E-state index >= 15 is 0 Å². The zero-order valence-electron chi connectivity index (χ0n) is 9.49. The Kier molecular flexibility index (Phi) is 3.96. The molecule has 1 saturated heterocycles. The summed E-state index contributed by atoms with van der Waals surface area (Å²) >= 11 is 5.72. The van der Waals surface area contributed by atoms with E-state index in [9.17, 15) is 0 Å². The number of hydrogen-bond acceptors (Lipinski definition) is 4. The Morgan fingerprint density at radius 2 is 2.50 bits per heavy atom. The van der Waals surface area contributed by atoms with Crippen molar-refractivity contribution in [2.24, 2.45) is 5.92 Å². The highest BCUT2D eigenvalue weighted by molar-refractivity contribution is 6.28. The van der Waals surface area contributed by atoms with Gasteiger partial charge in [0.2, 0.25) is 5.28 Å². The molecule has 0 aromatic carbocycles. The second-order valence-corrected chi connectivity index (χ2v) is 4.48. The molecule has 0 unspecified atom stereocenters. The Morgan fingerprint density at radius 1 is 1.62 bits per heavy atom. The van der Waals surface area contributed by atoms with Gasteiger partial charge in [0.1, 0.15) is 5.82 Å². The van der Waals surface area contributed by atoms with Crippen molar-refractivity contribution in [1.82, 2.24) is 14.9 Å². The van der Waals surface area contributed by atoms with Crippen LogP contribution in [0.15, 0.2) is 12.3 Å². The third-order valence-electron chi connectivity index (χ3n) is 3.02. The van der Waals surface area contributed by atoms with Gasteiger partial charge in [-0.25, -0.2) is 9.97 Å². The van der Waals surface area contributed by atoms with E-state index in [4.69, 9.17) is 11.6 Å². The van der Waals surface area contributed by atoms with Crippen molar-refractivity contribution in [3.63, 3.8) is 0 Å². The lowest BCUT2D eigenvalue weighted by Gasteiger charge is -2.13. The standard InChI is InChI=1S/C11H17ClN4/c1-2-16-6-4-9(8-16)7-14-10-3-5-13-11(12)15-10/h3,5,9H,2,4,6-8H2,1H3,(H,13,14,15)/t9-/m0/s1. The molecule has 1 aliphatic heterocycles. The summed E-state index contributed by atoms with van der Waals surface area (Å²) in [6.07, 6.45) is 2.93. The van der Waals surface area contributed by atoms with Gasteiger partial charge in [0.05, 0.1) is 0 Å². The van der Waals surface area contributed by atoms with Crippen LogP contribution in [0, 0.1) is 5.92 Å². The quantitative estimate of drug-likeness (QED) is 0.816. The van der Waals surface area contributed by atoms with Crippen LogP contribution in [0.25, 0.3) is 0 Å². The molecule has 0 aliphatic carbocycles. The van der Waals surface area contributed by atoms with E-state index in [1.165, 1.54) is 19.5 Å². The highest BCUT2D eigenvalue weighted by Gasteiger charge is 2.20. The molecule has 1 aromatic rings. The second-order valence-electron chi connectivity index (χ2n) is 4.14. The van der Waals surface area contributed by atoms with Gasteiger partial charge in [-0.1, -0.05) is 6.92 Å². The maximum absolute atomic E-state index is 5.72. The van der Waals surface area contributed by atoms with Crippen LogP contribution in [0.1, 0.15) is 13.3 Å². The lowest BCUT2D eigenvalue weighted by molar-refractivity contribution is 0.345. The van der Waals surface area contributed by atoms with Crippen molar-refractivity contribution in [3.8, 4) is 0 Å². The van der Waals surface area contributed by atoms with Gasteiger partial charge in [0.15, 0.2) is 0 Å². The van der Waals surface area contributed by atoms with Crippen molar-refractivity contribution in [2.45, 2.75) is 13.3 Å². The number of nitrogens with one attached hydrogen (secondary N) is 1. The molecule has 2 rings (SSSR count). The van der Waals surface area contributed by atoms with Crippen LogP contribution in [0.4, 0.5) is 5.82 Å². The number of rotatable bonds is 4. The normalized spacial score (nSPS) is 21.2. The fourth-order valence-corrected chi connectivity index (χ4v) is 2.20. The molecular formula is C11H17ClN4. The van der Waals surface area contributed by atoms with Gasteiger partial charge in [-0.05, 0) is 43.1 Å². The Bertz CT molecular complexity index is 345. The van der Waals surface area contributed by atoms with E-state index in [2.05, 4.69) is 27.1 Å². The van der Waals surface area contributed by atoms with Gasteiger partial charge in [0.25, 0.3) is 0 Å². The van der Waals surface area contributed by atoms with Gasteiger partial charge < -0.3 is 10.2 Å². The molecule has 0 spiro atoms. The Morgan fingerprint density at radius 3 is 3.19 bits per heavy atom. The molecule has 0 radical (unpaired) electrons. The smallest absolute Gasteiger partial charge is 0.224 e. The molecule has 4 nitrogen and oxygen atoms in total. The minimum Gasteiger partial charge on any atom is -0.370 e. The van der Waals surface area contributed by atoms with Gasteiger partial charge in [-0.2, -0.15) is 0 Å². The Hall–Kier alpha value is -0.870. The summed E-state index contributed by atoms with van der Waals surface area (Å²) < 4.78 is 0. The topological polar surface area (TPSA) is 41.0 Å². The van der Waals surface area contributed by atoms with Crippen molar-refractivity contribution >= 4 is 17.4 Å². The van der Waals surface area contributed by atoms with Crippen LogP contribution < -0.4 is 5.32 Å². The molecule has 88 valence electrons. The fraction of sp³-hybridized carbons (Fsp3) is 0.636. The van der Waals surface area contributed by atoms with E-state index in [1.54, 1.807) is 6.20 Å². The summed E-state index contributed by atoms with van der Waals surface area (Å²) in [5.74, 6) is 1.53. The van der Waals surface area contributed by atoms with Crippen molar-refractivity contribution in [2.75, 3.05) is 31.5 Å². The number of aromatic nitrogens is 2. The third kappa shape index (κ3) is 3.06. The Balaban J connectivity index is 1.80. The van der Waals surface area contributed by atoms with Crippen LogP contribution in [0.3, 0.4) is 0 Å². The van der Waals surface area contributed by atoms with Crippen LogP contribution in [-0.2, 0) is 0 Å². The van der Waals surface area contributed by atoms with Crippen molar-refractivity contribution in [1.29, 1.82) is 0 Å². The Labute approximate surface area is 101 Å². The molecule has 1 N–H and O–H groups in total. The molecule has 0 bridgehead atoms. The molecule has 0 amide bonds. The molecule has 1 aliphatic rings. The lowest BCUT2D eigenvalue weighted by atomic mass is 10.1. The zero-order chi connectivity index (χ0) is 11.4. The average molecular weight is 241 g/mol. The molecule has 0 saturated carbocycles. The maximum Gasteiger partial charge on any atom is 0.224 e. The van der Waals surface area contributed by atoms with Crippen molar-refractivity contribution < 1.29 is 0 Å². The number of hydrogen-bond donors (Lipinski definition) is 1. The second kappa shape index (κ2) is 5.46. The highest BCUT2D eigenvalue weighted by Crippen LogP contribution is 2.16. The molecule has 1 atom stereocenters. The van der Waals surface area contributed by atoms with Gasteiger partial charge in [-0.15, -0.1) is 0 Å². The van der Waals surface area contributed by atoms with E-state index in [0.29, 0.717) is 11.2 Å². The predicted molar refractivity (Wildman–Crippen MR) is 65.8 cm³/mol. The summed E-state index contributed by atoms with van der Waals surface area (Å²) in [7, 11) is 0. The largest absolute Gasteiger partial charge is 0.370 e. The minimum atomic E-state index is 0.298. The number of nitrogens with zero attached hydrogens (tertiary/aromatic N) is 3. The monoisotopic (exact) mass is 240 g/mol. The molecular weight excluding hydrogens is 224 g/mol. The van der Waals surface area contributed by atoms with Crippen LogP contribution in [0.5, 0.6) is 0 Å². The van der Waals surface area contributed by atoms with E-state index in [0.717, 1.165) is 18.9 Å². The number of anilines is 1. The fourth-order valence-electron chi connectivity index (χ4n) is 2.05. The number of likely N-dealkylation sites (tertiary alicyclic amines) is 1. The molecule has 1 fully saturated rings. The highest BCUT2D eigenvalue weighted by atomic mass is 35.5. The summed E-state index contributed by atoms with van der Waals surface area (Å²) in [4.78, 5) is 10.4. The summed E-state index contributed by atoms with van der Waals surface area (Å²) in [6.45, 7) is 6.72. The van der Waals surface area contributed by atoms with Gasteiger partial charge in [0, 0.05) is 19.3 Å². The lowest BCUT2D eigenvalue weighted by Crippen LogP contribution is -2.22. The summed E-state index contributed by atoms with van der Waals surface area (Å²) in [5, 5.41) is 3.61. The SMILES string of the molecule is CCN1CC[C@@H](CNc2ccnc(Cl)n2)C1. The average Bonchev–Trinajstić information content (AvgIpc) is 2.74. The van der Waals surface area contributed by atoms with E-state index < -0.39 is 0 Å². The maximum atomic E-state index is 5.72. The van der Waals surface area contributed by atoms with Gasteiger partial charge in [-0.3, -0.25) is 0 Å². The van der Waals surface area contributed by atoms with Crippen LogP contribution >= 0.6 is 11.6 Å². The van der Waals surface area contributed by atoms with Gasteiger partial charge >= 0.3 is 0 Å². The first-order valence-electron chi connectivity index (χ1n) is 5.72. The van der Waals surface area contributed by atoms with Crippen molar-refractivity contribution in [3.05, 3.63) is 17.5 Å². The molecule has 5 heteroatoms. The third-order valence-corrected chi connectivity index (χ3v) is 3.20. The first-order chi connectivity index (χ1) is 7.78. The van der Waals surface area contributed by atoms with Crippen LogP contribution in [-0.4, -0.2) is 41.0 Å².